The lowest BCUT2D eigenvalue weighted by Crippen LogP contribution is -2.37. The monoisotopic (exact) mass is 311 g/mol. The van der Waals surface area contributed by atoms with Crippen LogP contribution < -0.4 is 5.32 Å². The summed E-state index contributed by atoms with van der Waals surface area (Å²) in [5, 5.41) is 7.31. The number of amides is 1. The van der Waals surface area contributed by atoms with Gasteiger partial charge in [0.25, 0.3) is 0 Å². The maximum Gasteiger partial charge on any atom is 0.226 e. The zero-order valence-corrected chi connectivity index (χ0v) is 13.2. The molecule has 0 spiro atoms. The molecule has 1 aliphatic heterocycles. The molecule has 5 heteroatoms. The molecule has 1 N–H and O–H groups in total. The Bertz CT molecular complexity index is 725. The number of benzene rings is 1. The molecule has 2 aliphatic rings. The maximum absolute atomic E-state index is 12.6. The van der Waals surface area contributed by atoms with Crippen LogP contribution in [0.2, 0.25) is 0 Å². The zero-order valence-electron chi connectivity index (χ0n) is 13.2. The first kappa shape index (κ1) is 14.5. The van der Waals surface area contributed by atoms with Crippen molar-refractivity contribution in [1.29, 1.82) is 0 Å². The number of fused-ring (bicyclic) bond motifs is 1. The molecular formula is C18H21N3O2. The summed E-state index contributed by atoms with van der Waals surface area (Å²) < 4.78 is 7.58. The number of rotatable bonds is 4. The molecule has 1 unspecified atom stereocenters. The number of carbonyl (C=O) groups excluding carboxylic acids is 1. The van der Waals surface area contributed by atoms with E-state index in [1.165, 1.54) is 11.1 Å². The third kappa shape index (κ3) is 2.55. The van der Waals surface area contributed by atoms with E-state index in [-0.39, 0.29) is 17.9 Å². The van der Waals surface area contributed by atoms with E-state index >= 15 is 0 Å². The summed E-state index contributed by atoms with van der Waals surface area (Å²) >= 11 is 0. The van der Waals surface area contributed by atoms with Crippen molar-refractivity contribution < 1.29 is 9.53 Å². The fourth-order valence-corrected chi connectivity index (χ4v) is 3.71. The lowest BCUT2D eigenvalue weighted by atomic mass is 9.77. The summed E-state index contributed by atoms with van der Waals surface area (Å²) in [6.07, 6.45) is 3.39. The third-order valence-electron chi connectivity index (χ3n) is 5.06. The Labute approximate surface area is 135 Å². The SMILES string of the molecule is Cn1nccc1[C@@H]1OCC[C@H]1C(=O)NCC1Cc2ccccc21. The van der Waals surface area contributed by atoms with Gasteiger partial charge in [0, 0.05) is 32.3 Å². The topological polar surface area (TPSA) is 56.2 Å². The standard InChI is InChI=1S/C18H21N3O2/c1-21-16(6-8-20-21)17-15(7-9-23-17)18(22)19-11-13-10-12-4-2-3-5-14(12)13/h2-6,8,13,15,17H,7,9-11H2,1H3,(H,19,22)/t13?,15-,17-/m1/s1. The number of carbonyl (C=O) groups is 1. The van der Waals surface area contributed by atoms with Crippen LogP contribution in [0.25, 0.3) is 0 Å². The first-order valence-corrected chi connectivity index (χ1v) is 8.19. The highest BCUT2D eigenvalue weighted by Gasteiger charge is 2.37. The molecule has 2 heterocycles. The van der Waals surface area contributed by atoms with Crippen molar-refractivity contribution in [3.8, 4) is 0 Å². The van der Waals surface area contributed by atoms with Gasteiger partial charge in [-0.1, -0.05) is 24.3 Å². The van der Waals surface area contributed by atoms with Crippen molar-refractivity contribution in [3.63, 3.8) is 0 Å². The number of nitrogens with zero attached hydrogens (tertiary/aromatic N) is 2. The second-order valence-corrected chi connectivity index (χ2v) is 6.41. The summed E-state index contributed by atoms with van der Waals surface area (Å²) in [5.74, 6) is 0.423. The summed E-state index contributed by atoms with van der Waals surface area (Å²) in [6, 6.07) is 10.4. The van der Waals surface area contributed by atoms with Crippen LogP contribution in [0.5, 0.6) is 0 Å². The lowest BCUT2D eigenvalue weighted by molar-refractivity contribution is -0.127. The normalized spacial score (nSPS) is 25.7. The Morgan fingerprint density at radius 3 is 3.04 bits per heavy atom. The molecule has 1 aromatic carbocycles. The Morgan fingerprint density at radius 2 is 2.26 bits per heavy atom. The van der Waals surface area contributed by atoms with Gasteiger partial charge in [0.15, 0.2) is 0 Å². The van der Waals surface area contributed by atoms with E-state index in [4.69, 9.17) is 4.74 Å². The average molecular weight is 311 g/mol. The van der Waals surface area contributed by atoms with Crippen molar-refractivity contribution in [2.75, 3.05) is 13.2 Å². The minimum absolute atomic E-state index is 0.0954. The van der Waals surface area contributed by atoms with Gasteiger partial charge in [0.2, 0.25) is 5.91 Å². The van der Waals surface area contributed by atoms with Crippen LogP contribution in [0.3, 0.4) is 0 Å². The second-order valence-electron chi connectivity index (χ2n) is 6.41. The summed E-state index contributed by atoms with van der Waals surface area (Å²) in [4.78, 5) is 12.6. The van der Waals surface area contributed by atoms with Crippen molar-refractivity contribution in [3.05, 3.63) is 53.3 Å². The summed E-state index contributed by atoms with van der Waals surface area (Å²) in [7, 11) is 1.89. The highest BCUT2D eigenvalue weighted by molar-refractivity contribution is 5.79. The minimum Gasteiger partial charge on any atom is -0.371 e. The van der Waals surface area contributed by atoms with E-state index < -0.39 is 0 Å². The van der Waals surface area contributed by atoms with Gasteiger partial charge >= 0.3 is 0 Å². The second kappa shape index (κ2) is 5.81. The molecule has 0 radical (unpaired) electrons. The molecular weight excluding hydrogens is 290 g/mol. The number of ether oxygens (including phenoxy) is 1. The first-order valence-electron chi connectivity index (χ1n) is 8.19. The van der Waals surface area contributed by atoms with Gasteiger partial charge in [-0.15, -0.1) is 0 Å². The lowest BCUT2D eigenvalue weighted by Gasteiger charge is -2.30. The first-order chi connectivity index (χ1) is 11.2. The van der Waals surface area contributed by atoms with Crippen LogP contribution in [0.15, 0.2) is 36.5 Å². The fourth-order valence-electron chi connectivity index (χ4n) is 3.71. The van der Waals surface area contributed by atoms with Gasteiger partial charge < -0.3 is 10.1 Å². The average Bonchev–Trinajstić information content (AvgIpc) is 3.16. The minimum atomic E-state index is -0.184. The van der Waals surface area contributed by atoms with Gasteiger partial charge in [-0.05, 0) is 30.0 Å². The van der Waals surface area contributed by atoms with Gasteiger partial charge in [0.1, 0.15) is 6.10 Å². The van der Waals surface area contributed by atoms with Crippen molar-refractivity contribution in [2.24, 2.45) is 13.0 Å². The van der Waals surface area contributed by atoms with Crippen LogP contribution in [-0.4, -0.2) is 28.8 Å². The zero-order chi connectivity index (χ0) is 15.8. The van der Waals surface area contributed by atoms with Gasteiger partial charge in [0.05, 0.1) is 11.6 Å². The van der Waals surface area contributed by atoms with Gasteiger partial charge in [-0.3, -0.25) is 9.48 Å². The van der Waals surface area contributed by atoms with Gasteiger partial charge in [-0.2, -0.15) is 5.10 Å². The Hall–Kier alpha value is -2.14. The smallest absolute Gasteiger partial charge is 0.226 e. The van der Waals surface area contributed by atoms with E-state index in [1.54, 1.807) is 10.9 Å². The molecule has 1 saturated heterocycles. The molecule has 1 amide bonds. The maximum atomic E-state index is 12.6. The molecule has 3 atom stereocenters. The molecule has 120 valence electrons. The Morgan fingerprint density at radius 1 is 1.39 bits per heavy atom. The number of hydrogen-bond donors (Lipinski definition) is 1. The Balaban J connectivity index is 1.39. The third-order valence-corrected chi connectivity index (χ3v) is 5.06. The largest absolute Gasteiger partial charge is 0.371 e. The Kier molecular flexibility index (Phi) is 3.65. The summed E-state index contributed by atoms with van der Waals surface area (Å²) in [5.41, 5.74) is 3.75. The van der Waals surface area contributed by atoms with Crippen molar-refractivity contribution in [1.82, 2.24) is 15.1 Å². The van der Waals surface area contributed by atoms with Crippen LogP contribution in [0.1, 0.15) is 35.3 Å². The predicted octanol–water partition coefficient (Wildman–Crippen LogP) is 1.95. The van der Waals surface area contributed by atoms with E-state index in [9.17, 15) is 4.79 Å². The predicted molar refractivity (Wildman–Crippen MR) is 85.9 cm³/mol. The van der Waals surface area contributed by atoms with E-state index in [1.807, 2.05) is 13.1 Å². The van der Waals surface area contributed by atoms with Crippen molar-refractivity contribution >= 4 is 5.91 Å². The van der Waals surface area contributed by atoms with Gasteiger partial charge in [-0.25, -0.2) is 0 Å². The molecule has 1 aromatic heterocycles. The number of hydrogen-bond acceptors (Lipinski definition) is 3. The van der Waals surface area contributed by atoms with E-state index in [2.05, 4.69) is 34.7 Å². The molecule has 2 aromatic rings. The van der Waals surface area contributed by atoms with E-state index in [0.29, 0.717) is 19.1 Å². The highest BCUT2D eigenvalue weighted by atomic mass is 16.5. The van der Waals surface area contributed by atoms with Crippen LogP contribution >= 0.6 is 0 Å². The van der Waals surface area contributed by atoms with E-state index in [0.717, 1.165) is 18.5 Å². The molecule has 0 saturated carbocycles. The molecule has 1 aliphatic carbocycles. The quantitative estimate of drug-likeness (QED) is 0.939. The van der Waals surface area contributed by atoms with Crippen molar-refractivity contribution in [2.45, 2.75) is 24.9 Å². The fraction of sp³-hybridized carbons (Fsp3) is 0.444. The molecule has 1 fully saturated rings. The highest BCUT2D eigenvalue weighted by Crippen LogP contribution is 2.36. The molecule has 23 heavy (non-hydrogen) atoms. The number of aryl methyl sites for hydroxylation is 1. The molecule has 4 rings (SSSR count). The molecule has 5 nitrogen and oxygen atoms in total. The number of aromatic nitrogens is 2. The molecule has 0 bridgehead atoms. The van der Waals surface area contributed by atoms with Crippen LogP contribution in [0.4, 0.5) is 0 Å². The number of nitrogens with one attached hydrogen (secondary N) is 1. The summed E-state index contributed by atoms with van der Waals surface area (Å²) in [6.45, 7) is 1.34. The van der Waals surface area contributed by atoms with Crippen LogP contribution in [-0.2, 0) is 23.0 Å². The van der Waals surface area contributed by atoms with Crippen LogP contribution in [0, 0.1) is 5.92 Å².